The molecule has 1 aliphatic rings. The molecule has 0 aliphatic carbocycles. The highest BCUT2D eigenvalue weighted by Crippen LogP contribution is 2.21. The minimum absolute atomic E-state index is 0.0669. The summed E-state index contributed by atoms with van der Waals surface area (Å²) in [4.78, 5) is 14.1. The Morgan fingerprint density at radius 1 is 1.05 bits per heavy atom. The van der Waals surface area contributed by atoms with Crippen LogP contribution in [0, 0.1) is 0 Å². The van der Waals surface area contributed by atoms with Crippen LogP contribution in [0.4, 0.5) is 0 Å². The number of nitrogens with zero attached hydrogens (tertiary/aromatic N) is 1. The number of rotatable bonds is 16. The summed E-state index contributed by atoms with van der Waals surface area (Å²) < 4.78 is 32.5. The van der Waals surface area contributed by atoms with E-state index in [1.807, 2.05) is 19.1 Å². The van der Waals surface area contributed by atoms with Gasteiger partial charge in [-0.1, -0.05) is 68.0 Å². The van der Waals surface area contributed by atoms with Gasteiger partial charge >= 0.3 is 5.97 Å². The van der Waals surface area contributed by atoms with Gasteiger partial charge in [0, 0.05) is 19.1 Å². The van der Waals surface area contributed by atoms with Gasteiger partial charge in [0.1, 0.15) is 11.8 Å². The fourth-order valence-electron chi connectivity index (χ4n) is 4.49. The smallest absolute Gasteiger partial charge is 0.322 e. The first kappa shape index (κ1) is 28.9. The highest BCUT2D eigenvalue weighted by atomic mass is 32.2. The van der Waals surface area contributed by atoms with Crippen molar-refractivity contribution >= 4 is 16.0 Å². The molecule has 2 aromatic rings. The number of hydrogen-bond donors (Lipinski definition) is 2. The van der Waals surface area contributed by atoms with Crippen LogP contribution >= 0.6 is 0 Å². The number of benzene rings is 2. The Morgan fingerprint density at radius 3 is 2.51 bits per heavy atom. The highest BCUT2D eigenvalue weighted by Gasteiger charge is 2.24. The van der Waals surface area contributed by atoms with Crippen molar-refractivity contribution in [3.8, 4) is 5.75 Å². The number of carbonyl (C=O) groups is 1. The number of nitrogens with one attached hydrogen (secondary N) is 1. The molecule has 1 unspecified atom stereocenters. The van der Waals surface area contributed by atoms with Crippen molar-refractivity contribution in [3.63, 3.8) is 0 Å². The average Bonchev–Trinajstić information content (AvgIpc) is 2.89. The Morgan fingerprint density at radius 2 is 1.81 bits per heavy atom. The van der Waals surface area contributed by atoms with Crippen molar-refractivity contribution in [2.75, 3.05) is 18.9 Å². The first-order valence-electron chi connectivity index (χ1n) is 13.2. The number of unbranched alkanes of at least 4 members (excludes halogenated alkanes) is 2. The molecule has 0 radical (unpaired) electrons. The zero-order chi connectivity index (χ0) is 26.5. The molecule has 0 fully saturated rings. The molecule has 0 saturated heterocycles. The summed E-state index contributed by atoms with van der Waals surface area (Å²) in [6.07, 6.45) is 10.1. The van der Waals surface area contributed by atoms with E-state index in [0.717, 1.165) is 56.5 Å². The van der Waals surface area contributed by atoms with Gasteiger partial charge in [0.2, 0.25) is 10.0 Å². The summed E-state index contributed by atoms with van der Waals surface area (Å²) in [5.41, 5.74) is 2.08. The largest absolute Gasteiger partial charge is 0.494 e. The van der Waals surface area contributed by atoms with Crippen LogP contribution in [0.2, 0.25) is 0 Å². The van der Waals surface area contributed by atoms with Gasteiger partial charge in [-0.05, 0) is 61.8 Å². The standard InChI is InChI=1S/C29H40N2O5S/c1-2-3-21-37(34,35)30-28(29(32)33)22-24-15-17-27(18-16-24)36-20-10-8-14-26-13-7-9-19-31(26)23-25-11-5-4-6-12-25/h4-7,9,11-12,15-18,26,28,30H,2-3,8,10,13-14,19-23H2,1H3,(H,32,33)/t26?,28-/m1/s1. The molecule has 0 spiro atoms. The van der Waals surface area contributed by atoms with Crippen LogP contribution in [-0.4, -0.2) is 55.4 Å². The zero-order valence-corrected chi connectivity index (χ0v) is 22.5. The summed E-state index contributed by atoms with van der Waals surface area (Å²) in [6, 6.07) is 17.2. The Hall–Kier alpha value is -2.68. The van der Waals surface area contributed by atoms with Crippen LogP contribution in [0.5, 0.6) is 5.75 Å². The van der Waals surface area contributed by atoms with E-state index in [9.17, 15) is 18.3 Å². The van der Waals surface area contributed by atoms with E-state index in [0.29, 0.717) is 19.1 Å². The highest BCUT2D eigenvalue weighted by molar-refractivity contribution is 7.89. The average molecular weight is 529 g/mol. The third-order valence-corrected chi connectivity index (χ3v) is 8.08. The molecule has 0 bridgehead atoms. The molecule has 1 heterocycles. The first-order chi connectivity index (χ1) is 17.9. The van der Waals surface area contributed by atoms with E-state index in [1.165, 1.54) is 5.56 Å². The maximum atomic E-state index is 12.1. The van der Waals surface area contributed by atoms with Crippen molar-refractivity contribution < 1.29 is 23.1 Å². The normalized spacial score (nSPS) is 16.9. The van der Waals surface area contributed by atoms with Crippen LogP contribution < -0.4 is 9.46 Å². The molecule has 3 rings (SSSR count). The minimum atomic E-state index is -3.62. The Kier molecular flexibility index (Phi) is 11.6. The van der Waals surface area contributed by atoms with Crippen LogP contribution in [-0.2, 0) is 27.8 Å². The predicted molar refractivity (Wildman–Crippen MR) is 147 cm³/mol. The lowest BCUT2D eigenvalue weighted by Crippen LogP contribution is -2.43. The van der Waals surface area contributed by atoms with Crippen molar-refractivity contribution in [2.24, 2.45) is 0 Å². The second-order valence-electron chi connectivity index (χ2n) is 9.65. The van der Waals surface area contributed by atoms with Gasteiger partial charge in [0.15, 0.2) is 0 Å². The Labute approximate surface area is 221 Å². The van der Waals surface area contributed by atoms with E-state index in [4.69, 9.17) is 4.74 Å². The lowest BCUT2D eigenvalue weighted by molar-refractivity contribution is -0.138. The maximum absolute atomic E-state index is 12.1. The molecule has 37 heavy (non-hydrogen) atoms. The molecule has 0 aromatic heterocycles. The van der Waals surface area contributed by atoms with Crippen LogP contribution in [0.15, 0.2) is 66.7 Å². The van der Waals surface area contributed by atoms with Crippen molar-refractivity contribution in [1.29, 1.82) is 0 Å². The van der Waals surface area contributed by atoms with Gasteiger partial charge in [-0.2, -0.15) is 0 Å². The first-order valence-corrected chi connectivity index (χ1v) is 14.9. The van der Waals surface area contributed by atoms with E-state index in [-0.39, 0.29) is 12.2 Å². The molecule has 2 N–H and O–H groups in total. The Bertz CT molecular complexity index is 1090. The zero-order valence-electron chi connectivity index (χ0n) is 21.7. The molecule has 2 aromatic carbocycles. The minimum Gasteiger partial charge on any atom is -0.494 e. The van der Waals surface area contributed by atoms with Gasteiger partial charge in [-0.25, -0.2) is 13.1 Å². The van der Waals surface area contributed by atoms with Crippen LogP contribution in [0.3, 0.4) is 0 Å². The lowest BCUT2D eigenvalue weighted by Gasteiger charge is -2.33. The summed E-state index contributed by atoms with van der Waals surface area (Å²) in [5.74, 6) is -0.524. The monoisotopic (exact) mass is 528 g/mol. The third kappa shape index (κ3) is 10.3. The van der Waals surface area contributed by atoms with E-state index in [1.54, 1.807) is 12.1 Å². The summed E-state index contributed by atoms with van der Waals surface area (Å²) in [6.45, 7) is 4.48. The van der Waals surface area contributed by atoms with Crippen molar-refractivity contribution in [3.05, 3.63) is 77.9 Å². The molecule has 202 valence electrons. The van der Waals surface area contributed by atoms with E-state index < -0.39 is 22.0 Å². The number of carboxylic acids is 1. The molecular weight excluding hydrogens is 488 g/mol. The van der Waals surface area contributed by atoms with Crippen LogP contribution in [0.1, 0.15) is 56.6 Å². The van der Waals surface area contributed by atoms with Gasteiger partial charge < -0.3 is 9.84 Å². The molecule has 8 heteroatoms. The van der Waals surface area contributed by atoms with Gasteiger partial charge in [-0.3, -0.25) is 9.69 Å². The molecule has 7 nitrogen and oxygen atoms in total. The van der Waals surface area contributed by atoms with Crippen molar-refractivity contribution in [1.82, 2.24) is 9.62 Å². The Balaban J connectivity index is 1.40. The number of sulfonamides is 1. The second kappa shape index (κ2) is 14.9. The fourth-order valence-corrected chi connectivity index (χ4v) is 5.90. The van der Waals surface area contributed by atoms with Gasteiger partial charge in [-0.15, -0.1) is 0 Å². The van der Waals surface area contributed by atoms with E-state index in [2.05, 4.69) is 52.1 Å². The molecular formula is C29H40N2O5S. The molecule has 1 aliphatic heterocycles. The summed E-state index contributed by atoms with van der Waals surface area (Å²) >= 11 is 0. The van der Waals surface area contributed by atoms with Crippen LogP contribution in [0.25, 0.3) is 0 Å². The quantitative estimate of drug-likeness (QED) is 0.240. The molecule has 2 atom stereocenters. The number of carboxylic acid groups (broad SMARTS) is 1. The topological polar surface area (TPSA) is 95.9 Å². The number of ether oxygens (including phenoxy) is 1. The summed E-state index contributed by atoms with van der Waals surface area (Å²) in [5, 5.41) is 9.47. The molecule has 0 amide bonds. The van der Waals surface area contributed by atoms with Crippen molar-refractivity contribution in [2.45, 2.75) is 70.5 Å². The number of aliphatic carboxylic acids is 1. The van der Waals surface area contributed by atoms with Gasteiger partial charge in [0.05, 0.1) is 12.4 Å². The summed E-state index contributed by atoms with van der Waals surface area (Å²) in [7, 11) is -3.62. The lowest BCUT2D eigenvalue weighted by atomic mass is 10.0. The van der Waals surface area contributed by atoms with Gasteiger partial charge in [0.25, 0.3) is 0 Å². The SMILES string of the molecule is CCCCS(=O)(=O)N[C@H](Cc1ccc(OCCCCC2CC=CCN2Cc2ccccc2)cc1)C(=O)O. The van der Waals surface area contributed by atoms with E-state index >= 15 is 0 Å². The maximum Gasteiger partial charge on any atom is 0.322 e. The number of hydrogen-bond acceptors (Lipinski definition) is 5. The third-order valence-electron chi connectivity index (χ3n) is 6.61. The predicted octanol–water partition coefficient (Wildman–Crippen LogP) is 4.78. The second-order valence-corrected chi connectivity index (χ2v) is 11.5. The molecule has 0 saturated carbocycles. The fraction of sp³-hybridized carbons (Fsp3) is 0.483.